The van der Waals surface area contributed by atoms with Gasteiger partial charge in [-0.3, -0.25) is 19.7 Å². The number of carbonyl (C=O) groups is 2. The second kappa shape index (κ2) is 6.72. The van der Waals surface area contributed by atoms with Gasteiger partial charge in [-0.05, 0) is 30.2 Å². The number of halogens is 1. The average Bonchev–Trinajstić information content (AvgIpc) is 3.35. The smallest absolute Gasteiger partial charge is 0.271 e. The van der Waals surface area contributed by atoms with E-state index in [1.54, 1.807) is 6.07 Å². The number of amides is 2. The summed E-state index contributed by atoms with van der Waals surface area (Å²) < 4.78 is 0.945. The first-order valence-corrected chi connectivity index (χ1v) is 10.2. The highest BCUT2D eigenvalue weighted by Crippen LogP contribution is 2.49. The molecule has 2 aromatic rings. The van der Waals surface area contributed by atoms with Crippen molar-refractivity contribution in [2.24, 2.45) is 5.92 Å². The van der Waals surface area contributed by atoms with Crippen molar-refractivity contribution in [2.75, 3.05) is 18.0 Å². The number of imide groups is 1. The van der Waals surface area contributed by atoms with Crippen LogP contribution in [0.25, 0.3) is 0 Å². The second-order valence-electron chi connectivity index (χ2n) is 7.44. The quantitative estimate of drug-likeness (QED) is 0.400. The van der Waals surface area contributed by atoms with Gasteiger partial charge in [0.15, 0.2) is 0 Å². The van der Waals surface area contributed by atoms with Gasteiger partial charge in [-0.15, -0.1) is 0 Å². The van der Waals surface area contributed by atoms with E-state index in [-0.39, 0.29) is 29.2 Å². The lowest BCUT2D eigenvalue weighted by Crippen LogP contribution is -2.44. The molecule has 2 aromatic carbocycles. The molecule has 0 N–H and O–H groups in total. The van der Waals surface area contributed by atoms with Gasteiger partial charge in [0.05, 0.1) is 22.6 Å². The normalized spacial score (nSPS) is 26.8. The van der Waals surface area contributed by atoms with E-state index in [4.69, 9.17) is 0 Å². The number of hydrogen-bond acceptors (Lipinski definition) is 6. The van der Waals surface area contributed by atoms with Crippen LogP contribution < -0.4 is 4.90 Å². The third-order valence-corrected chi connectivity index (χ3v) is 6.44. The molecule has 0 aliphatic carbocycles. The molecule has 3 aliphatic heterocycles. The number of benzene rings is 2. The van der Waals surface area contributed by atoms with Crippen LogP contribution in [0, 0.1) is 16.0 Å². The Balaban J connectivity index is 1.57. The minimum absolute atomic E-state index is 0.146. The number of rotatable bonds is 3. The molecule has 148 valence electrons. The Labute approximate surface area is 174 Å². The van der Waals surface area contributed by atoms with Crippen molar-refractivity contribution in [1.29, 1.82) is 0 Å². The number of carbonyl (C=O) groups excluding carboxylic acids is 2. The Morgan fingerprint density at radius 3 is 2.34 bits per heavy atom. The number of nitro groups is 1. The minimum Gasteiger partial charge on any atom is -0.274 e. The highest BCUT2D eigenvalue weighted by atomic mass is 79.9. The molecule has 29 heavy (non-hydrogen) atoms. The molecule has 8 nitrogen and oxygen atoms in total. The van der Waals surface area contributed by atoms with Crippen molar-refractivity contribution in [1.82, 2.24) is 10.0 Å². The van der Waals surface area contributed by atoms with Crippen molar-refractivity contribution >= 4 is 39.1 Å². The van der Waals surface area contributed by atoms with Crippen molar-refractivity contribution < 1.29 is 14.5 Å². The van der Waals surface area contributed by atoms with Crippen LogP contribution in [0.15, 0.2) is 53.0 Å². The molecule has 3 fully saturated rings. The van der Waals surface area contributed by atoms with Crippen LogP contribution in [0.5, 0.6) is 0 Å². The first-order chi connectivity index (χ1) is 14.0. The third-order valence-electron chi connectivity index (χ3n) is 5.92. The van der Waals surface area contributed by atoms with Crippen molar-refractivity contribution in [3.8, 4) is 0 Å². The summed E-state index contributed by atoms with van der Waals surface area (Å²) in [7, 11) is 0. The van der Waals surface area contributed by atoms with Gasteiger partial charge in [0.25, 0.3) is 11.6 Å². The topological polar surface area (TPSA) is 87.0 Å². The van der Waals surface area contributed by atoms with Crippen molar-refractivity contribution in [2.45, 2.75) is 18.5 Å². The number of non-ortho nitro benzene ring substituents is 1. The van der Waals surface area contributed by atoms with Crippen LogP contribution in [0.4, 0.5) is 11.4 Å². The second-order valence-corrected chi connectivity index (χ2v) is 8.35. The zero-order valence-corrected chi connectivity index (χ0v) is 16.9. The Bertz CT molecular complexity index is 1030. The minimum atomic E-state index is -0.571. The monoisotopic (exact) mass is 456 g/mol. The van der Waals surface area contributed by atoms with Crippen LogP contribution >= 0.6 is 15.9 Å². The summed E-state index contributed by atoms with van der Waals surface area (Å²) in [6.45, 7) is 1.51. The average molecular weight is 457 g/mol. The molecule has 0 spiro atoms. The van der Waals surface area contributed by atoms with Crippen LogP contribution in [0.2, 0.25) is 0 Å². The Kier molecular flexibility index (Phi) is 4.27. The number of nitrogens with zero attached hydrogens (tertiary/aromatic N) is 4. The number of fused-ring (bicyclic) bond motifs is 3. The van der Waals surface area contributed by atoms with Crippen molar-refractivity contribution in [3.05, 3.63) is 68.7 Å². The Morgan fingerprint density at radius 2 is 1.66 bits per heavy atom. The van der Waals surface area contributed by atoms with E-state index in [2.05, 4.69) is 20.9 Å². The van der Waals surface area contributed by atoms with E-state index < -0.39 is 16.9 Å². The molecule has 0 saturated carbocycles. The molecule has 3 atom stereocenters. The van der Waals surface area contributed by atoms with Gasteiger partial charge in [-0.1, -0.05) is 34.1 Å². The van der Waals surface area contributed by atoms with E-state index in [0.717, 1.165) is 34.4 Å². The summed E-state index contributed by atoms with van der Waals surface area (Å²) in [6, 6.07) is 12.7. The van der Waals surface area contributed by atoms with Gasteiger partial charge in [-0.25, -0.2) is 14.9 Å². The van der Waals surface area contributed by atoms with Crippen LogP contribution in [-0.4, -0.2) is 45.9 Å². The summed E-state index contributed by atoms with van der Waals surface area (Å²) in [6.07, 6.45) is 0.925. The van der Waals surface area contributed by atoms with Crippen molar-refractivity contribution in [3.63, 3.8) is 0 Å². The fourth-order valence-corrected chi connectivity index (χ4v) is 5.04. The zero-order valence-electron chi connectivity index (χ0n) is 15.3. The molecular weight excluding hydrogens is 440 g/mol. The van der Waals surface area contributed by atoms with Crippen LogP contribution in [-0.2, 0) is 9.59 Å². The van der Waals surface area contributed by atoms with E-state index in [0.29, 0.717) is 0 Å². The van der Waals surface area contributed by atoms with Gasteiger partial charge >= 0.3 is 0 Å². The molecule has 9 heteroatoms. The molecular formula is C20H17BrN4O4. The molecule has 3 saturated heterocycles. The number of hydrogen-bond donors (Lipinski definition) is 0. The largest absolute Gasteiger partial charge is 0.274 e. The highest BCUT2D eigenvalue weighted by Gasteiger charge is 2.62. The maximum absolute atomic E-state index is 13.4. The summed E-state index contributed by atoms with van der Waals surface area (Å²) in [5, 5.41) is 15.3. The molecule has 5 rings (SSSR count). The van der Waals surface area contributed by atoms with E-state index >= 15 is 0 Å². The molecule has 3 heterocycles. The fourth-order valence-electron chi connectivity index (χ4n) is 4.77. The number of nitro benzene ring substituents is 1. The molecule has 0 radical (unpaired) electrons. The standard InChI is InChI=1S/C20H17BrN4O4/c21-13-7-5-12(6-8-13)17-16-18(23-10-2-9-22(17)23)20(27)24(19(16)26)14-3-1-4-15(11-14)25(28)29/h1,3-8,11,16-18H,2,9-10H2. The number of hydrazine groups is 1. The summed E-state index contributed by atoms with van der Waals surface area (Å²) in [5.74, 6) is -1.15. The molecule has 3 aliphatic rings. The molecule has 0 bridgehead atoms. The van der Waals surface area contributed by atoms with Gasteiger partial charge in [0.2, 0.25) is 5.91 Å². The highest BCUT2D eigenvalue weighted by molar-refractivity contribution is 9.10. The molecule has 3 unspecified atom stereocenters. The lowest BCUT2D eigenvalue weighted by Gasteiger charge is -2.29. The van der Waals surface area contributed by atoms with Gasteiger partial charge in [0, 0.05) is 29.7 Å². The number of anilines is 1. The first kappa shape index (κ1) is 18.4. The maximum atomic E-state index is 13.4. The molecule has 0 aromatic heterocycles. The SMILES string of the molecule is O=C1C2C(C(=O)N1c1cccc([N+](=O)[O-])c1)N1CCCN1C2c1ccc(Br)cc1. The van der Waals surface area contributed by atoms with E-state index in [1.807, 2.05) is 29.3 Å². The Hall–Kier alpha value is -2.62. The lowest BCUT2D eigenvalue weighted by atomic mass is 9.90. The molecule has 2 amide bonds. The van der Waals surface area contributed by atoms with Gasteiger partial charge in [-0.2, -0.15) is 0 Å². The van der Waals surface area contributed by atoms with E-state index in [9.17, 15) is 19.7 Å². The lowest BCUT2D eigenvalue weighted by molar-refractivity contribution is -0.384. The van der Waals surface area contributed by atoms with Crippen LogP contribution in [0.1, 0.15) is 18.0 Å². The first-order valence-electron chi connectivity index (χ1n) is 9.38. The summed E-state index contributed by atoms with van der Waals surface area (Å²) in [4.78, 5) is 38.5. The maximum Gasteiger partial charge on any atom is 0.271 e. The summed E-state index contributed by atoms with van der Waals surface area (Å²) in [5.41, 5.74) is 1.09. The third kappa shape index (κ3) is 2.72. The predicted molar refractivity (Wildman–Crippen MR) is 108 cm³/mol. The predicted octanol–water partition coefficient (Wildman–Crippen LogP) is 2.89. The van der Waals surface area contributed by atoms with Gasteiger partial charge in [0.1, 0.15) is 6.04 Å². The van der Waals surface area contributed by atoms with Crippen LogP contribution in [0.3, 0.4) is 0 Å². The zero-order chi connectivity index (χ0) is 20.3. The summed E-state index contributed by atoms with van der Waals surface area (Å²) >= 11 is 3.44. The van der Waals surface area contributed by atoms with Gasteiger partial charge < -0.3 is 0 Å². The van der Waals surface area contributed by atoms with E-state index in [1.165, 1.54) is 18.2 Å². The Morgan fingerprint density at radius 1 is 0.966 bits per heavy atom. The fraction of sp³-hybridized carbons (Fsp3) is 0.300.